The van der Waals surface area contributed by atoms with Gasteiger partial charge in [0.05, 0.1) is 4.47 Å². The second kappa shape index (κ2) is 7.61. The highest BCUT2D eigenvalue weighted by Crippen LogP contribution is 2.28. The number of nitrogens with one attached hydrogen (secondary N) is 1. The van der Waals surface area contributed by atoms with Crippen molar-refractivity contribution in [1.29, 1.82) is 0 Å². The summed E-state index contributed by atoms with van der Waals surface area (Å²) in [7, 11) is 0. The van der Waals surface area contributed by atoms with Crippen LogP contribution in [-0.2, 0) is 6.61 Å². The fourth-order valence-electron chi connectivity index (χ4n) is 1.77. The maximum Gasteiger partial charge on any atom is 0.168 e. The SMILES string of the molecule is CCCNc1cc(C)nc(COc2ccc(Cl)cc2Br)n1. The zero-order valence-electron chi connectivity index (χ0n) is 12.0. The minimum Gasteiger partial charge on any atom is -0.484 e. The Labute approximate surface area is 138 Å². The van der Waals surface area contributed by atoms with Crippen LogP contribution in [0.3, 0.4) is 0 Å². The fraction of sp³-hybridized carbons (Fsp3) is 0.333. The van der Waals surface area contributed by atoms with Crippen molar-refractivity contribution in [2.75, 3.05) is 11.9 Å². The lowest BCUT2D eigenvalue weighted by molar-refractivity contribution is 0.294. The molecular formula is C15H17BrClN3O. The molecule has 0 atom stereocenters. The zero-order chi connectivity index (χ0) is 15.2. The van der Waals surface area contributed by atoms with E-state index in [-0.39, 0.29) is 0 Å². The van der Waals surface area contributed by atoms with Crippen LogP contribution in [-0.4, -0.2) is 16.5 Å². The van der Waals surface area contributed by atoms with Gasteiger partial charge in [-0.15, -0.1) is 0 Å². The van der Waals surface area contributed by atoms with E-state index >= 15 is 0 Å². The van der Waals surface area contributed by atoms with Gasteiger partial charge in [-0.2, -0.15) is 0 Å². The predicted octanol–water partition coefficient (Wildman–Crippen LogP) is 4.60. The second-order valence-electron chi connectivity index (χ2n) is 4.60. The molecule has 0 aliphatic heterocycles. The highest BCUT2D eigenvalue weighted by atomic mass is 79.9. The zero-order valence-corrected chi connectivity index (χ0v) is 14.3. The van der Waals surface area contributed by atoms with E-state index in [0.717, 1.165) is 29.0 Å². The third-order valence-corrected chi connectivity index (χ3v) is 3.56. The van der Waals surface area contributed by atoms with E-state index in [1.807, 2.05) is 19.1 Å². The number of anilines is 1. The van der Waals surface area contributed by atoms with Gasteiger partial charge in [0.15, 0.2) is 5.82 Å². The number of aryl methyl sites for hydroxylation is 1. The van der Waals surface area contributed by atoms with Gasteiger partial charge in [0.1, 0.15) is 18.2 Å². The van der Waals surface area contributed by atoms with E-state index < -0.39 is 0 Å². The molecule has 2 aromatic rings. The van der Waals surface area contributed by atoms with Crippen LogP contribution in [0.15, 0.2) is 28.7 Å². The Morgan fingerprint density at radius 3 is 2.81 bits per heavy atom. The molecule has 1 N–H and O–H groups in total. The molecule has 112 valence electrons. The highest BCUT2D eigenvalue weighted by Gasteiger charge is 2.06. The van der Waals surface area contributed by atoms with E-state index in [1.165, 1.54) is 0 Å². The lowest BCUT2D eigenvalue weighted by Gasteiger charge is -2.10. The third kappa shape index (κ3) is 4.86. The van der Waals surface area contributed by atoms with Crippen molar-refractivity contribution in [3.63, 3.8) is 0 Å². The van der Waals surface area contributed by atoms with Crippen LogP contribution in [0.25, 0.3) is 0 Å². The van der Waals surface area contributed by atoms with Gasteiger partial charge in [0.2, 0.25) is 0 Å². The molecule has 0 aliphatic carbocycles. The van der Waals surface area contributed by atoms with Crippen LogP contribution >= 0.6 is 27.5 Å². The van der Waals surface area contributed by atoms with Crippen molar-refractivity contribution in [3.05, 3.63) is 45.3 Å². The van der Waals surface area contributed by atoms with E-state index in [0.29, 0.717) is 23.2 Å². The van der Waals surface area contributed by atoms with E-state index in [4.69, 9.17) is 16.3 Å². The Balaban J connectivity index is 2.07. The normalized spacial score (nSPS) is 10.5. The van der Waals surface area contributed by atoms with Gasteiger partial charge < -0.3 is 10.1 Å². The number of rotatable bonds is 6. The fourth-order valence-corrected chi connectivity index (χ4v) is 2.57. The lowest BCUT2D eigenvalue weighted by atomic mass is 10.3. The lowest BCUT2D eigenvalue weighted by Crippen LogP contribution is -2.08. The van der Waals surface area contributed by atoms with Crippen molar-refractivity contribution in [2.45, 2.75) is 26.9 Å². The number of hydrogen-bond acceptors (Lipinski definition) is 4. The summed E-state index contributed by atoms with van der Waals surface area (Å²) in [6.07, 6.45) is 1.05. The Morgan fingerprint density at radius 1 is 1.29 bits per heavy atom. The maximum absolute atomic E-state index is 5.91. The summed E-state index contributed by atoms with van der Waals surface area (Å²) in [5.74, 6) is 2.20. The molecule has 0 saturated carbocycles. The van der Waals surface area contributed by atoms with Crippen LogP contribution in [0.1, 0.15) is 24.9 Å². The van der Waals surface area contributed by atoms with Gasteiger partial charge in [0.25, 0.3) is 0 Å². The van der Waals surface area contributed by atoms with E-state index in [9.17, 15) is 0 Å². The summed E-state index contributed by atoms with van der Waals surface area (Å²) in [6, 6.07) is 7.32. The number of ether oxygens (including phenoxy) is 1. The summed E-state index contributed by atoms with van der Waals surface area (Å²) >= 11 is 9.33. The first-order chi connectivity index (χ1) is 10.1. The first-order valence-electron chi connectivity index (χ1n) is 6.74. The number of aromatic nitrogens is 2. The average molecular weight is 371 g/mol. The largest absolute Gasteiger partial charge is 0.484 e. The van der Waals surface area contributed by atoms with Gasteiger partial charge in [-0.3, -0.25) is 0 Å². The molecule has 0 bridgehead atoms. The van der Waals surface area contributed by atoms with E-state index in [2.05, 4.69) is 38.1 Å². The van der Waals surface area contributed by atoms with Crippen molar-refractivity contribution < 1.29 is 4.74 Å². The highest BCUT2D eigenvalue weighted by molar-refractivity contribution is 9.10. The molecule has 2 rings (SSSR count). The molecule has 4 nitrogen and oxygen atoms in total. The Bertz CT molecular complexity index is 622. The van der Waals surface area contributed by atoms with Crippen LogP contribution in [0.2, 0.25) is 5.02 Å². The number of nitrogens with zero attached hydrogens (tertiary/aromatic N) is 2. The average Bonchev–Trinajstić information content (AvgIpc) is 2.43. The minimum atomic E-state index is 0.308. The smallest absolute Gasteiger partial charge is 0.168 e. The van der Waals surface area contributed by atoms with Gasteiger partial charge in [0, 0.05) is 23.3 Å². The molecule has 21 heavy (non-hydrogen) atoms. The Kier molecular flexibility index (Phi) is 5.82. The van der Waals surface area contributed by atoms with Crippen molar-refractivity contribution in [1.82, 2.24) is 9.97 Å². The number of halogens is 2. The summed E-state index contributed by atoms with van der Waals surface area (Å²) in [5.41, 5.74) is 0.914. The molecule has 0 spiro atoms. The first kappa shape index (κ1) is 16.0. The minimum absolute atomic E-state index is 0.308. The van der Waals surface area contributed by atoms with Crippen LogP contribution < -0.4 is 10.1 Å². The summed E-state index contributed by atoms with van der Waals surface area (Å²) in [6.45, 7) is 5.26. The van der Waals surface area contributed by atoms with Gasteiger partial charge >= 0.3 is 0 Å². The van der Waals surface area contributed by atoms with Gasteiger partial charge in [-0.25, -0.2) is 9.97 Å². The quantitative estimate of drug-likeness (QED) is 0.807. The topological polar surface area (TPSA) is 47.0 Å². The van der Waals surface area contributed by atoms with Crippen molar-refractivity contribution in [2.24, 2.45) is 0 Å². The molecule has 0 aliphatic rings. The molecule has 1 heterocycles. The third-order valence-electron chi connectivity index (χ3n) is 2.71. The monoisotopic (exact) mass is 369 g/mol. The first-order valence-corrected chi connectivity index (χ1v) is 7.92. The molecule has 0 amide bonds. The molecule has 1 aromatic heterocycles. The van der Waals surface area contributed by atoms with Crippen LogP contribution in [0, 0.1) is 6.92 Å². The Morgan fingerprint density at radius 2 is 2.10 bits per heavy atom. The predicted molar refractivity (Wildman–Crippen MR) is 89.0 cm³/mol. The number of hydrogen-bond donors (Lipinski definition) is 1. The van der Waals surface area contributed by atoms with Crippen molar-refractivity contribution in [3.8, 4) is 5.75 Å². The van der Waals surface area contributed by atoms with Crippen LogP contribution in [0.5, 0.6) is 5.75 Å². The second-order valence-corrected chi connectivity index (χ2v) is 5.89. The summed E-state index contributed by atoms with van der Waals surface area (Å²) in [4.78, 5) is 8.83. The van der Waals surface area contributed by atoms with Crippen molar-refractivity contribution >= 4 is 33.3 Å². The maximum atomic E-state index is 5.91. The summed E-state index contributed by atoms with van der Waals surface area (Å²) in [5, 5.41) is 3.92. The Hall–Kier alpha value is -1.33. The van der Waals surface area contributed by atoms with Gasteiger partial charge in [-0.1, -0.05) is 18.5 Å². The molecule has 0 saturated heterocycles. The summed E-state index contributed by atoms with van der Waals surface area (Å²) < 4.78 is 6.55. The molecule has 0 unspecified atom stereocenters. The number of benzene rings is 1. The van der Waals surface area contributed by atoms with Gasteiger partial charge in [-0.05, 0) is 47.5 Å². The molecule has 0 radical (unpaired) electrons. The standard InChI is InChI=1S/C15H17BrClN3O/c1-3-6-18-14-7-10(2)19-15(20-14)9-21-13-5-4-11(17)8-12(13)16/h4-5,7-8H,3,6,9H2,1-2H3,(H,18,19,20). The van der Waals surface area contributed by atoms with E-state index in [1.54, 1.807) is 12.1 Å². The molecule has 6 heteroatoms. The molecular weight excluding hydrogens is 354 g/mol. The molecule has 0 fully saturated rings. The molecule has 1 aromatic carbocycles. The van der Waals surface area contributed by atoms with Crippen LogP contribution in [0.4, 0.5) is 5.82 Å².